The summed E-state index contributed by atoms with van der Waals surface area (Å²) < 4.78 is 10.1. The molecule has 0 aromatic heterocycles. The van der Waals surface area contributed by atoms with E-state index in [1.54, 1.807) is 44.2 Å². The lowest BCUT2D eigenvalue weighted by Crippen LogP contribution is -2.07. The fourth-order valence-corrected chi connectivity index (χ4v) is 1.46. The Morgan fingerprint density at radius 3 is 1.92 bits per heavy atom. The average molecular weight is 324 g/mol. The summed E-state index contributed by atoms with van der Waals surface area (Å²) in [5.41, 5.74) is 2.12. The molecule has 0 saturated heterocycles. The van der Waals surface area contributed by atoms with Crippen LogP contribution in [0.3, 0.4) is 0 Å². The quantitative estimate of drug-likeness (QED) is 0.246. The first-order valence-electron chi connectivity index (χ1n) is 7.12. The number of ether oxygens (including phenoxy) is 2. The van der Waals surface area contributed by atoms with Crippen molar-refractivity contribution >= 4 is 17.5 Å². The van der Waals surface area contributed by atoms with Crippen molar-refractivity contribution in [1.82, 2.24) is 0 Å². The summed E-state index contributed by atoms with van der Waals surface area (Å²) in [5.74, 6) is -0.393. The molecule has 0 amide bonds. The lowest BCUT2D eigenvalue weighted by molar-refractivity contribution is -0.134. The Morgan fingerprint density at radius 1 is 0.875 bits per heavy atom. The van der Waals surface area contributed by atoms with Crippen molar-refractivity contribution in [2.45, 2.75) is 13.8 Å². The first-order chi connectivity index (χ1) is 11.2. The largest absolute Gasteiger partial charge is 0.424 e. The third-order valence-corrected chi connectivity index (χ3v) is 2.83. The minimum Gasteiger partial charge on any atom is -0.424 e. The Balaban J connectivity index is 2.68. The number of allylic oxidation sites excluding steroid dienone is 3. The highest BCUT2D eigenvalue weighted by Gasteiger charge is 2.06. The van der Waals surface area contributed by atoms with Crippen LogP contribution < -0.4 is 4.74 Å². The SMILES string of the molecule is C=C(C=CC(=C)c1ccc(OC(=O)C(=C)C)cc1)OC(=O)C(=C)C. The summed E-state index contributed by atoms with van der Waals surface area (Å²) in [7, 11) is 0. The van der Waals surface area contributed by atoms with Crippen molar-refractivity contribution < 1.29 is 19.1 Å². The lowest BCUT2D eigenvalue weighted by atomic mass is 10.1. The van der Waals surface area contributed by atoms with Gasteiger partial charge in [0.25, 0.3) is 0 Å². The lowest BCUT2D eigenvalue weighted by Gasteiger charge is -2.06. The van der Waals surface area contributed by atoms with Crippen molar-refractivity contribution in [1.29, 1.82) is 0 Å². The molecule has 1 aromatic rings. The maximum absolute atomic E-state index is 11.4. The predicted molar refractivity (Wildman–Crippen MR) is 95.1 cm³/mol. The molecule has 0 saturated carbocycles. The van der Waals surface area contributed by atoms with Crippen molar-refractivity contribution in [3.05, 3.63) is 85.2 Å². The highest BCUT2D eigenvalue weighted by atomic mass is 16.5. The van der Waals surface area contributed by atoms with E-state index in [9.17, 15) is 9.59 Å². The second-order valence-electron chi connectivity index (χ2n) is 5.19. The van der Waals surface area contributed by atoms with Gasteiger partial charge in [-0.15, -0.1) is 0 Å². The van der Waals surface area contributed by atoms with Crippen LogP contribution in [0.1, 0.15) is 19.4 Å². The Kier molecular flexibility index (Phi) is 6.68. The molecule has 0 N–H and O–H groups in total. The van der Waals surface area contributed by atoms with E-state index >= 15 is 0 Å². The maximum atomic E-state index is 11.4. The molecule has 0 aliphatic rings. The van der Waals surface area contributed by atoms with E-state index in [1.807, 2.05) is 0 Å². The molecule has 0 aliphatic heterocycles. The number of esters is 2. The van der Waals surface area contributed by atoms with Crippen LogP contribution in [0, 0.1) is 0 Å². The van der Waals surface area contributed by atoms with Crippen LogP contribution in [0.15, 0.2) is 79.6 Å². The molecule has 0 aliphatic carbocycles. The molecule has 0 radical (unpaired) electrons. The molecule has 0 heterocycles. The first-order valence-corrected chi connectivity index (χ1v) is 7.12. The van der Waals surface area contributed by atoms with Gasteiger partial charge in [0.15, 0.2) is 0 Å². The molecule has 0 bridgehead atoms. The zero-order valence-electron chi connectivity index (χ0n) is 13.9. The van der Waals surface area contributed by atoms with Crippen molar-refractivity contribution in [3.63, 3.8) is 0 Å². The standard InChI is InChI=1S/C20H20O4/c1-13(2)19(21)23-16(6)8-7-15(5)17-9-11-18(12-10-17)24-20(22)14(3)4/h7-12H,1,3,5-6H2,2,4H3. The van der Waals surface area contributed by atoms with Crippen LogP contribution in [-0.4, -0.2) is 11.9 Å². The Labute approximate surface area is 142 Å². The van der Waals surface area contributed by atoms with E-state index < -0.39 is 11.9 Å². The normalized spacial score (nSPS) is 10.1. The number of carbonyl (C=O) groups excluding carboxylic acids is 2. The number of rotatable bonds is 7. The zero-order valence-corrected chi connectivity index (χ0v) is 13.9. The smallest absolute Gasteiger partial charge is 0.338 e. The highest BCUT2D eigenvalue weighted by Crippen LogP contribution is 2.19. The molecule has 0 atom stereocenters. The van der Waals surface area contributed by atoms with Crippen molar-refractivity contribution in [2.75, 3.05) is 0 Å². The Morgan fingerprint density at radius 2 is 1.42 bits per heavy atom. The molecule has 0 unspecified atom stereocenters. The van der Waals surface area contributed by atoms with Crippen LogP contribution in [-0.2, 0) is 14.3 Å². The first kappa shape index (κ1) is 18.9. The van der Waals surface area contributed by atoms with Gasteiger partial charge in [-0.25, -0.2) is 9.59 Å². The van der Waals surface area contributed by atoms with Crippen LogP contribution in [0.2, 0.25) is 0 Å². The van der Waals surface area contributed by atoms with Crippen LogP contribution in [0.25, 0.3) is 5.57 Å². The van der Waals surface area contributed by atoms with Crippen LogP contribution >= 0.6 is 0 Å². The number of benzene rings is 1. The molecular formula is C20H20O4. The summed E-state index contributed by atoms with van der Waals surface area (Å²) in [6, 6.07) is 6.84. The van der Waals surface area contributed by atoms with Gasteiger partial charge in [-0.05, 0) is 43.2 Å². The van der Waals surface area contributed by atoms with E-state index in [0.717, 1.165) is 5.56 Å². The number of hydrogen-bond acceptors (Lipinski definition) is 4. The van der Waals surface area contributed by atoms with Gasteiger partial charge in [0.05, 0.1) is 0 Å². The fraction of sp³-hybridized carbons (Fsp3) is 0.100. The summed E-state index contributed by atoms with van der Waals surface area (Å²) in [5, 5.41) is 0. The summed E-state index contributed by atoms with van der Waals surface area (Å²) in [4.78, 5) is 22.8. The predicted octanol–water partition coefficient (Wildman–Crippen LogP) is 4.37. The second kappa shape index (κ2) is 8.48. The molecule has 4 heteroatoms. The summed E-state index contributed by atoms with van der Waals surface area (Å²) in [6.07, 6.45) is 3.21. The molecule has 0 spiro atoms. The topological polar surface area (TPSA) is 52.6 Å². The monoisotopic (exact) mass is 324 g/mol. The van der Waals surface area contributed by atoms with E-state index in [4.69, 9.17) is 9.47 Å². The van der Waals surface area contributed by atoms with E-state index in [2.05, 4.69) is 26.3 Å². The zero-order chi connectivity index (χ0) is 18.3. The molecule has 1 aromatic carbocycles. The molecule has 4 nitrogen and oxygen atoms in total. The molecule has 24 heavy (non-hydrogen) atoms. The van der Waals surface area contributed by atoms with Crippen molar-refractivity contribution in [3.8, 4) is 5.75 Å². The number of carbonyl (C=O) groups is 2. The summed E-state index contributed by atoms with van der Waals surface area (Å²) >= 11 is 0. The van der Waals surface area contributed by atoms with Gasteiger partial charge in [0.2, 0.25) is 0 Å². The highest BCUT2D eigenvalue weighted by molar-refractivity contribution is 5.89. The van der Waals surface area contributed by atoms with Gasteiger partial charge in [0.1, 0.15) is 11.5 Å². The van der Waals surface area contributed by atoms with Crippen LogP contribution in [0.4, 0.5) is 0 Å². The minimum atomic E-state index is -0.529. The van der Waals surface area contributed by atoms with E-state index in [1.165, 1.54) is 6.08 Å². The Hall–Kier alpha value is -3.14. The van der Waals surface area contributed by atoms with Crippen molar-refractivity contribution in [2.24, 2.45) is 0 Å². The van der Waals surface area contributed by atoms with Gasteiger partial charge in [0, 0.05) is 11.1 Å². The van der Waals surface area contributed by atoms with Gasteiger partial charge in [-0.3, -0.25) is 0 Å². The molecule has 0 fully saturated rings. The van der Waals surface area contributed by atoms with E-state index in [0.29, 0.717) is 22.5 Å². The van der Waals surface area contributed by atoms with Gasteiger partial charge < -0.3 is 9.47 Å². The molecule has 1 rings (SSSR count). The van der Waals surface area contributed by atoms with Gasteiger partial charge in [-0.2, -0.15) is 0 Å². The molecular weight excluding hydrogens is 304 g/mol. The average Bonchev–Trinajstić information content (AvgIpc) is 2.53. The van der Waals surface area contributed by atoms with Gasteiger partial charge in [-0.1, -0.05) is 44.5 Å². The number of hydrogen-bond donors (Lipinski definition) is 0. The maximum Gasteiger partial charge on any atom is 0.338 e. The third-order valence-electron chi connectivity index (χ3n) is 2.83. The third kappa shape index (κ3) is 5.93. The van der Waals surface area contributed by atoms with Gasteiger partial charge >= 0.3 is 11.9 Å². The minimum absolute atomic E-state index is 0.191. The Bertz CT molecular complexity index is 733. The fourth-order valence-electron chi connectivity index (χ4n) is 1.46. The van der Waals surface area contributed by atoms with E-state index in [-0.39, 0.29) is 5.76 Å². The summed E-state index contributed by atoms with van der Waals surface area (Å²) in [6.45, 7) is 17.7. The second-order valence-corrected chi connectivity index (χ2v) is 5.19. The van der Waals surface area contributed by atoms with Crippen LogP contribution in [0.5, 0.6) is 5.75 Å². The molecule has 124 valence electrons.